The van der Waals surface area contributed by atoms with Crippen molar-refractivity contribution < 1.29 is 26.3 Å². The van der Waals surface area contributed by atoms with E-state index in [4.69, 9.17) is 0 Å². The standard InChI is InChI=1S/C19H20F3NO3S/c20-19(21,22)26-17-6-8-18(9-7-17)27(24,25)23-12-10-16(11-13-23)14-15-4-2-1-3-5-15/h1-9,16H,10-14H2. The van der Waals surface area contributed by atoms with E-state index in [-0.39, 0.29) is 4.90 Å². The number of nitrogens with zero attached hydrogens (tertiary/aromatic N) is 1. The molecule has 0 saturated carbocycles. The molecule has 146 valence electrons. The van der Waals surface area contributed by atoms with Gasteiger partial charge >= 0.3 is 6.36 Å². The Morgan fingerprint density at radius 3 is 2.11 bits per heavy atom. The lowest BCUT2D eigenvalue weighted by Crippen LogP contribution is -2.38. The molecule has 4 nitrogen and oxygen atoms in total. The van der Waals surface area contributed by atoms with Crippen LogP contribution in [0.3, 0.4) is 0 Å². The quantitative estimate of drug-likeness (QED) is 0.756. The summed E-state index contributed by atoms with van der Waals surface area (Å²) in [6, 6.07) is 14.4. The lowest BCUT2D eigenvalue weighted by molar-refractivity contribution is -0.274. The van der Waals surface area contributed by atoms with E-state index in [1.807, 2.05) is 18.2 Å². The Labute approximate surface area is 156 Å². The Bertz CT molecular complexity index is 844. The van der Waals surface area contributed by atoms with Crippen LogP contribution in [0.15, 0.2) is 59.5 Å². The second-order valence-electron chi connectivity index (χ2n) is 6.56. The molecule has 0 aromatic heterocycles. The van der Waals surface area contributed by atoms with Crippen LogP contribution in [0.4, 0.5) is 13.2 Å². The van der Waals surface area contributed by atoms with Gasteiger partial charge in [0.2, 0.25) is 10.0 Å². The van der Waals surface area contributed by atoms with Gasteiger partial charge in [-0.15, -0.1) is 13.2 Å². The normalized spacial score (nSPS) is 17.0. The minimum Gasteiger partial charge on any atom is -0.406 e. The van der Waals surface area contributed by atoms with Gasteiger partial charge in [0, 0.05) is 13.1 Å². The lowest BCUT2D eigenvalue weighted by atomic mass is 9.91. The summed E-state index contributed by atoms with van der Waals surface area (Å²) in [5.74, 6) is -0.0237. The highest BCUT2D eigenvalue weighted by molar-refractivity contribution is 7.89. The summed E-state index contributed by atoms with van der Waals surface area (Å²) < 4.78 is 67.2. The molecule has 0 aliphatic carbocycles. The molecule has 0 N–H and O–H groups in total. The summed E-state index contributed by atoms with van der Waals surface area (Å²) >= 11 is 0. The summed E-state index contributed by atoms with van der Waals surface area (Å²) in [7, 11) is -3.72. The molecule has 2 aromatic carbocycles. The Morgan fingerprint density at radius 2 is 1.56 bits per heavy atom. The van der Waals surface area contributed by atoms with Gasteiger partial charge in [0.15, 0.2) is 0 Å². The zero-order valence-electron chi connectivity index (χ0n) is 14.5. The molecule has 0 spiro atoms. The highest BCUT2D eigenvalue weighted by atomic mass is 32.2. The van der Waals surface area contributed by atoms with Crippen LogP contribution in [0.5, 0.6) is 5.75 Å². The molecule has 8 heteroatoms. The zero-order valence-corrected chi connectivity index (χ0v) is 15.3. The van der Waals surface area contributed by atoms with Crippen LogP contribution in [0.25, 0.3) is 0 Å². The molecular formula is C19H20F3NO3S. The van der Waals surface area contributed by atoms with Crippen LogP contribution in [-0.2, 0) is 16.4 Å². The van der Waals surface area contributed by atoms with Gasteiger partial charge < -0.3 is 4.74 Å². The fraction of sp³-hybridized carbons (Fsp3) is 0.368. The first kappa shape index (κ1) is 19.7. The van der Waals surface area contributed by atoms with Crippen molar-refractivity contribution in [2.75, 3.05) is 13.1 Å². The largest absolute Gasteiger partial charge is 0.573 e. The predicted molar refractivity (Wildman–Crippen MR) is 94.8 cm³/mol. The molecular weight excluding hydrogens is 379 g/mol. The van der Waals surface area contributed by atoms with Gasteiger partial charge in [-0.05, 0) is 55.0 Å². The Kier molecular flexibility index (Phi) is 5.76. The first-order valence-corrected chi connectivity index (χ1v) is 10.1. The topological polar surface area (TPSA) is 46.6 Å². The molecule has 0 bridgehead atoms. The highest BCUT2D eigenvalue weighted by Gasteiger charge is 2.32. The SMILES string of the molecule is O=S(=O)(c1ccc(OC(F)(F)F)cc1)N1CCC(Cc2ccccc2)CC1. The fourth-order valence-electron chi connectivity index (χ4n) is 3.26. The molecule has 27 heavy (non-hydrogen) atoms. The number of hydrogen-bond donors (Lipinski definition) is 0. The van der Waals surface area contributed by atoms with Gasteiger partial charge in [-0.25, -0.2) is 8.42 Å². The van der Waals surface area contributed by atoms with Crippen LogP contribution < -0.4 is 4.74 Å². The summed E-state index contributed by atoms with van der Waals surface area (Å²) in [6.07, 6.45) is -2.38. The zero-order chi connectivity index (χ0) is 19.5. The van der Waals surface area contributed by atoms with Crippen molar-refractivity contribution in [1.29, 1.82) is 0 Å². The van der Waals surface area contributed by atoms with Crippen molar-refractivity contribution in [3.05, 3.63) is 60.2 Å². The summed E-state index contributed by atoms with van der Waals surface area (Å²) in [5.41, 5.74) is 1.24. The Morgan fingerprint density at radius 1 is 0.963 bits per heavy atom. The van der Waals surface area contributed by atoms with Crippen molar-refractivity contribution in [2.24, 2.45) is 5.92 Å². The van der Waals surface area contributed by atoms with E-state index in [0.717, 1.165) is 43.5 Å². The molecule has 0 unspecified atom stereocenters. The van der Waals surface area contributed by atoms with Gasteiger partial charge in [0.1, 0.15) is 5.75 Å². The minimum atomic E-state index is -4.80. The number of halogens is 3. The molecule has 0 radical (unpaired) electrons. The third-order valence-corrected chi connectivity index (χ3v) is 6.55. The maximum absolute atomic E-state index is 12.7. The number of sulfonamides is 1. The third-order valence-electron chi connectivity index (χ3n) is 4.64. The van der Waals surface area contributed by atoms with E-state index in [2.05, 4.69) is 16.9 Å². The second-order valence-corrected chi connectivity index (χ2v) is 8.49. The van der Waals surface area contributed by atoms with Crippen LogP contribution in [0.2, 0.25) is 0 Å². The van der Waals surface area contributed by atoms with Gasteiger partial charge in [-0.2, -0.15) is 4.31 Å². The molecule has 1 fully saturated rings. The number of benzene rings is 2. The Hall–Kier alpha value is -2.06. The molecule has 3 rings (SSSR count). The monoisotopic (exact) mass is 399 g/mol. The molecule has 1 heterocycles. The van der Waals surface area contributed by atoms with Crippen molar-refractivity contribution in [3.8, 4) is 5.75 Å². The number of ether oxygens (including phenoxy) is 1. The Balaban J connectivity index is 1.61. The van der Waals surface area contributed by atoms with E-state index in [1.54, 1.807) is 0 Å². The second kappa shape index (κ2) is 7.90. The smallest absolute Gasteiger partial charge is 0.406 e. The summed E-state index contributed by atoms with van der Waals surface area (Å²) in [6.45, 7) is 0.807. The van der Waals surface area contributed by atoms with Gasteiger partial charge in [0.05, 0.1) is 4.90 Å². The van der Waals surface area contributed by atoms with E-state index in [9.17, 15) is 21.6 Å². The maximum atomic E-state index is 12.7. The first-order chi connectivity index (χ1) is 12.7. The summed E-state index contributed by atoms with van der Waals surface area (Å²) in [4.78, 5) is -0.0291. The molecule has 0 amide bonds. The molecule has 1 aliphatic heterocycles. The van der Waals surface area contributed by atoms with E-state index < -0.39 is 22.1 Å². The first-order valence-electron chi connectivity index (χ1n) is 8.64. The lowest BCUT2D eigenvalue weighted by Gasteiger charge is -2.31. The van der Waals surface area contributed by atoms with Crippen molar-refractivity contribution in [1.82, 2.24) is 4.31 Å². The number of hydrogen-bond acceptors (Lipinski definition) is 3. The highest BCUT2D eigenvalue weighted by Crippen LogP contribution is 2.28. The average molecular weight is 399 g/mol. The van der Waals surface area contributed by atoms with Crippen molar-refractivity contribution in [2.45, 2.75) is 30.5 Å². The van der Waals surface area contributed by atoms with Crippen LogP contribution in [0, 0.1) is 5.92 Å². The van der Waals surface area contributed by atoms with E-state index >= 15 is 0 Å². The average Bonchev–Trinajstić information content (AvgIpc) is 2.62. The van der Waals surface area contributed by atoms with Crippen LogP contribution in [-0.4, -0.2) is 32.2 Å². The number of piperidine rings is 1. The molecule has 2 aromatic rings. The molecule has 1 saturated heterocycles. The van der Waals surface area contributed by atoms with Crippen LogP contribution in [0.1, 0.15) is 18.4 Å². The maximum Gasteiger partial charge on any atom is 0.573 e. The third kappa shape index (κ3) is 5.23. The molecule has 1 aliphatic rings. The number of alkyl halides is 3. The van der Waals surface area contributed by atoms with E-state index in [1.165, 1.54) is 9.87 Å². The van der Waals surface area contributed by atoms with Gasteiger partial charge in [-0.1, -0.05) is 30.3 Å². The van der Waals surface area contributed by atoms with Crippen LogP contribution >= 0.6 is 0 Å². The minimum absolute atomic E-state index is 0.0291. The van der Waals surface area contributed by atoms with Gasteiger partial charge in [0.25, 0.3) is 0 Å². The van der Waals surface area contributed by atoms with E-state index in [0.29, 0.717) is 19.0 Å². The van der Waals surface area contributed by atoms with Crippen molar-refractivity contribution in [3.63, 3.8) is 0 Å². The number of rotatable bonds is 5. The van der Waals surface area contributed by atoms with Gasteiger partial charge in [-0.3, -0.25) is 0 Å². The fourth-order valence-corrected chi connectivity index (χ4v) is 4.73. The predicted octanol–water partition coefficient (Wildman–Crippen LogP) is 4.23. The van der Waals surface area contributed by atoms with Crippen molar-refractivity contribution >= 4 is 10.0 Å². The summed E-state index contributed by atoms with van der Waals surface area (Å²) in [5, 5.41) is 0. The molecule has 0 atom stereocenters.